The highest BCUT2D eigenvalue weighted by molar-refractivity contribution is 7.92. The molecular weight excluding hydrogens is 285 g/mol. The Morgan fingerprint density at radius 3 is 2.40 bits per heavy atom. The number of carboxylic acids is 1. The topological polar surface area (TPSA) is 95.2 Å². The van der Waals surface area contributed by atoms with E-state index in [1.54, 1.807) is 6.07 Å². The van der Waals surface area contributed by atoms with Crippen LogP contribution in [0.2, 0.25) is 0 Å². The lowest BCUT2D eigenvalue weighted by atomic mass is 10.0. The average Bonchev–Trinajstić information content (AvgIpc) is 3.11. The summed E-state index contributed by atoms with van der Waals surface area (Å²) in [6.45, 7) is 1.40. The number of aliphatic carboxylic acids is 1. The van der Waals surface area contributed by atoms with Crippen LogP contribution < -0.4 is 0 Å². The first-order valence-corrected chi connectivity index (χ1v) is 7.64. The summed E-state index contributed by atoms with van der Waals surface area (Å²) < 4.78 is 36.9. The molecule has 1 aromatic carbocycles. The molecule has 0 aliphatic heterocycles. The zero-order valence-corrected chi connectivity index (χ0v) is 11.4. The fourth-order valence-electron chi connectivity index (χ4n) is 2.57. The van der Waals surface area contributed by atoms with Crippen LogP contribution in [0, 0.1) is 22.6 Å². The van der Waals surface area contributed by atoms with Crippen LogP contribution in [0.5, 0.6) is 0 Å². The molecule has 1 aromatic rings. The van der Waals surface area contributed by atoms with E-state index in [0.717, 1.165) is 12.1 Å². The predicted octanol–water partition coefficient (Wildman–Crippen LogP) is 1.32. The molecule has 106 valence electrons. The Labute approximate surface area is 115 Å². The fraction of sp³-hybridized carbons (Fsp3) is 0.385. The standard InChI is InChI=1S/C13H12FNO4S/c1-2-20(18,19)11-10(13(11,7-15)12(16)17)8-3-5-9(14)6-4-8/h3-6,10-11H,2H2,1H3,(H,16,17)/t10-,11+,13-/m0/s1. The first-order chi connectivity index (χ1) is 9.31. The van der Waals surface area contributed by atoms with Gasteiger partial charge in [0.2, 0.25) is 0 Å². The van der Waals surface area contributed by atoms with Crippen LogP contribution in [-0.4, -0.2) is 30.5 Å². The van der Waals surface area contributed by atoms with Crippen molar-refractivity contribution in [1.82, 2.24) is 0 Å². The molecular formula is C13H12FNO4S. The quantitative estimate of drug-likeness (QED) is 0.904. The zero-order valence-electron chi connectivity index (χ0n) is 10.6. The van der Waals surface area contributed by atoms with Crippen molar-refractivity contribution in [3.63, 3.8) is 0 Å². The van der Waals surface area contributed by atoms with Gasteiger partial charge in [-0.25, -0.2) is 12.8 Å². The molecule has 7 heteroatoms. The van der Waals surface area contributed by atoms with Gasteiger partial charge in [0.25, 0.3) is 0 Å². The second kappa shape index (κ2) is 4.56. The first-order valence-electron chi connectivity index (χ1n) is 5.93. The van der Waals surface area contributed by atoms with Crippen LogP contribution >= 0.6 is 0 Å². The Morgan fingerprint density at radius 1 is 1.45 bits per heavy atom. The van der Waals surface area contributed by atoms with Crippen LogP contribution in [0.25, 0.3) is 0 Å². The van der Waals surface area contributed by atoms with Crippen molar-refractivity contribution < 1.29 is 22.7 Å². The molecule has 1 fully saturated rings. The van der Waals surface area contributed by atoms with E-state index in [-0.39, 0.29) is 5.75 Å². The highest BCUT2D eigenvalue weighted by Gasteiger charge is 2.76. The van der Waals surface area contributed by atoms with Crippen molar-refractivity contribution in [2.24, 2.45) is 5.41 Å². The molecule has 0 bridgehead atoms. The summed E-state index contributed by atoms with van der Waals surface area (Å²) in [5, 5.41) is 17.1. The molecule has 0 aromatic heterocycles. The van der Waals surface area contributed by atoms with Gasteiger partial charge >= 0.3 is 5.97 Å². The SMILES string of the molecule is CCS(=O)(=O)[C@@H]1[C@H](c2ccc(F)cc2)[C@]1(C#N)C(=O)O. The third-order valence-electron chi connectivity index (χ3n) is 3.69. The van der Waals surface area contributed by atoms with E-state index in [0.29, 0.717) is 5.56 Å². The Bertz CT molecular complexity index is 692. The molecule has 0 radical (unpaired) electrons. The molecule has 0 spiro atoms. The maximum atomic E-state index is 12.9. The summed E-state index contributed by atoms with van der Waals surface area (Å²) in [6, 6.07) is 6.51. The minimum atomic E-state index is -3.69. The van der Waals surface area contributed by atoms with Crippen molar-refractivity contribution in [2.45, 2.75) is 18.1 Å². The summed E-state index contributed by atoms with van der Waals surface area (Å²) >= 11 is 0. The van der Waals surface area contributed by atoms with Gasteiger partial charge in [-0.1, -0.05) is 19.1 Å². The zero-order chi connectivity index (χ0) is 15.1. The van der Waals surface area contributed by atoms with Gasteiger partial charge in [-0.3, -0.25) is 4.79 Å². The van der Waals surface area contributed by atoms with E-state index < -0.39 is 38.2 Å². The lowest BCUT2D eigenvalue weighted by Crippen LogP contribution is -2.23. The highest BCUT2D eigenvalue weighted by atomic mass is 32.2. The van der Waals surface area contributed by atoms with Crippen LogP contribution in [0.15, 0.2) is 24.3 Å². The Hall–Kier alpha value is -1.94. The highest BCUT2D eigenvalue weighted by Crippen LogP contribution is 2.62. The van der Waals surface area contributed by atoms with Gasteiger partial charge in [-0.15, -0.1) is 0 Å². The number of carboxylic acid groups (broad SMARTS) is 1. The number of sulfone groups is 1. The molecule has 0 unspecified atom stereocenters. The van der Waals surface area contributed by atoms with E-state index in [1.807, 2.05) is 0 Å². The second-order valence-electron chi connectivity index (χ2n) is 4.69. The number of benzene rings is 1. The molecule has 3 atom stereocenters. The van der Waals surface area contributed by atoms with Crippen molar-refractivity contribution in [2.75, 3.05) is 5.75 Å². The Balaban J connectivity index is 2.54. The molecule has 0 amide bonds. The van der Waals surface area contributed by atoms with Crippen molar-refractivity contribution >= 4 is 15.8 Å². The maximum absolute atomic E-state index is 12.9. The summed E-state index contributed by atoms with van der Waals surface area (Å²) in [5.41, 5.74) is -1.63. The molecule has 5 nitrogen and oxygen atoms in total. The number of hydrogen-bond donors (Lipinski definition) is 1. The number of halogens is 1. The molecule has 20 heavy (non-hydrogen) atoms. The third kappa shape index (κ3) is 1.88. The number of nitriles is 1. The van der Waals surface area contributed by atoms with Gasteiger partial charge in [-0.05, 0) is 17.7 Å². The number of nitrogens with zero attached hydrogens (tertiary/aromatic N) is 1. The lowest BCUT2D eigenvalue weighted by molar-refractivity contribution is -0.141. The lowest BCUT2D eigenvalue weighted by Gasteiger charge is -2.02. The summed E-state index contributed by atoms with van der Waals surface area (Å²) in [7, 11) is -3.69. The van der Waals surface area contributed by atoms with Gasteiger partial charge in [0.05, 0.1) is 6.07 Å². The minimum Gasteiger partial charge on any atom is -0.480 e. The average molecular weight is 297 g/mol. The van der Waals surface area contributed by atoms with Crippen LogP contribution in [0.1, 0.15) is 18.4 Å². The van der Waals surface area contributed by atoms with Crippen molar-refractivity contribution in [3.8, 4) is 6.07 Å². The van der Waals surface area contributed by atoms with Crippen molar-refractivity contribution in [1.29, 1.82) is 5.26 Å². The molecule has 1 aliphatic rings. The monoisotopic (exact) mass is 297 g/mol. The number of hydrogen-bond acceptors (Lipinski definition) is 4. The van der Waals surface area contributed by atoms with E-state index in [9.17, 15) is 28.0 Å². The maximum Gasteiger partial charge on any atom is 0.326 e. The van der Waals surface area contributed by atoms with Gasteiger partial charge < -0.3 is 5.11 Å². The summed E-state index contributed by atoms with van der Waals surface area (Å²) in [6.07, 6.45) is 0. The van der Waals surface area contributed by atoms with Gasteiger partial charge in [0.15, 0.2) is 15.3 Å². The first kappa shape index (κ1) is 14.5. The summed E-state index contributed by atoms with van der Waals surface area (Å²) in [4.78, 5) is 11.4. The van der Waals surface area contributed by atoms with E-state index in [2.05, 4.69) is 0 Å². The number of carbonyl (C=O) groups is 1. The Kier molecular flexibility index (Phi) is 3.30. The third-order valence-corrected chi connectivity index (χ3v) is 5.91. The van der Waals surface area contributed by atoms with E-state index in [1.165, 1.54) is 19.1 Å². The van der Waals surface area contributed by atoms with E-state index >= 15 is 0 Å². The van der Waals surface area contributed by atoms with Gasteiger partial charge in [0, 0.05) is 11.7 Å². The normalized spacial score (nSPS) is 28.6. The smallest absolute Gasteiger partial charge is 0.326 e. The molecule has 0 saturated heterocycles. The van der Waals surface area contributed by atoms with Gasteiger partial charge in [0.1, 0.15) is 11.1 Å². The number of rotatable bonds is 4. The molecule has 2 rings (SSSR count). The Morgan fingerprint density at radius 2 is 2.00 bits per heavy atom. The van der Waals surface area contributed by atoms with Gasteiger partial charge in [-0.2, -0.15) is 5.26 Å². The minimum absolute atomic E-state index is 0.244. The summed E-state index contributed by atoms with van der Waals surface area (Å²) in [5.74, 6) is -3.18. The molecule has 1 N–H and O–H groups in total. The molecule has 1 saturated carbocycles. The van der Waals surface area contributed by atoms with E-state index in [4.69, 9.17) is 0 Å². The molecule has 0 heterocycles. The molecule has 1 aliphatic carbocycles. The van der Waals surface area contributed by atoms with Crippen LogP contribution in [0.3, 0.4) is 0 Å². The van der Waals surface area contributed by atoms with Crippen LogP contribution in [-0.2, 0) is 14.6 Å². The predicted molar refractivity (Wildman–Crippen MR) is 68.1 cm³/mol. The van der Waals surface area contributed by atoms with Crippen molar-refractivity contribution in [3.05, 3.63) is 35.6 Å². The van der Waals surface area contributed by atoms with Crippen LogP contribution in [0.4, 0.5) is 4.39 Å². The fourth-order valence-corrected chi connectivity index (χ4v) is 4.50. The largest absolute Gasteiger partial charge is 0.480 e. The second-order valence-corrected chi connectivity index (χ2v) is 7.10.